The van der Waals surface area contributed by atoms with Crippen molar-refractivity contribution in [2.24, 2.45) is 7.05 Å². The van der Waals surface area contributed by atoms with Crippen molar-refractivity contribution in [2.75, 3.05) is 0 Å². The molecule has 3 aromatic rings. The van der Waals surface area contributed by atoms with Crippen LogP contribution in [0.1, 0.15) is 49.5 Å². The number of hydrogen-bond acceptors (Lipinski definition) is 4. The summed E-state index contributed by atoms with van der Waals surface area (Å²) in [6.45, 7) is 3.20. The summed E-state index contributed by atoms with van der Waals surface area (Å²) in [5.74, 6) is -1.49. The Kier molecular flexibility index (Phi) is 8.34. The lowest BCUT2D eigenvalue weighted by Gasteiger charge is -1.95. The van der Waals surface area contributed by atoms with Crippen LogP contribution < -0.4 is 0 Å². The number of rotatable bonds is 2. The van der Waals surface area contributed by atoms with E-state index in [-0.39, 0.29) is 12.8 Å². The second-order valence-corrected chi connectivity index (χ2v) is 7.77. The Morgan fingerprint density at radius 1 is 0.714 bits per heavy atom. The van der Waals surface area contributed by atoms with Gasteiger partial charge >= 0.3 is 11.9 Å². The molecule has 0 amide bonds. The van der Waals surface area contributed by atoms with Gasteiger partial charge < -0.3 is 19.8 Å². The molecule has 0 saturated heterocycles. The van der Waals surface area contributed by atoms with Crippen LogP contribution in [0.5, 0.6) is 0 Å². The first kappa shape index (κ1) is 25.2. The summed E-state index contributed by atoms with van der Waals surface area (Å²) < 4.78 is 2.15. The zero-order valence-electron chi connectivity index (χ0n) is 19.9. The zero-order valence-corrected chi connectivity index (χ0v) is 19.9. The Hall–Kier alpha value is -4.46. The third kappa shape index (κ3) is 7.26. The van der Waals surface area contributed by atoms with Gasteiger partial charge in [0.15, 0.2) is 0 Å². The fourth-order valence-corrected chi connectivity index (χ4v) is 3.16. The molecule has 180 valence electrons. The van der Waals surface area contributed by atoms with Gasteiger partial charge in [-0.25, -0.2) is 9.97 Å². The van der Waals surface area contributed by atoms with E-state index < -0.39 is 11.9 Å². The summed E-state index contributed by atoms with van der Waals surface area (Å²) in [5, 5.41) is 15.4. The number of carboxylic acids is 2. The molecule has 3 aromatic heterocycles. The molecule has 0 spiro atoms. The maximum atomic E-state index is 9.37. The molecular weight excluding hydrogens is 444 g/mol. The van der Waals surface area contributed by atoms with Crippen LogP contribution in [0.4, 0.5) is 0 Å². The van der Waals surface area contributed by atoms with Gasteiger partial charge in [-0.1, -0.05) is 13.8 Å². The predicted molar refractivity (Wildman–Crippen MR) is 139 cm³/mol. The molecule has 0 unspecified atom stereocenters. The quantitative estimate of drug-likeness (QED) is 0.306. The smallest absolute Gasteiger partial charge is 0.303 e. The highest BCUT2D eigenvalue weighted by atomic mass is 16.4. The van der Waals surface area contributed by atoms with Crippen molar-refractivity contribution in [3.8, 4) is 0 Å². The maximum absolute atomic E-state index is 9.37. The fraction of sp³-hybridized carbons (Fsp3) is 0.185. The normalized spacial score (nSPS) is 11.2. The number of hydrogen-bond donors (Lipinski definition) is 3. The van der Waals surface area contributed by atoms with Gasteiger partial charge in [-0.3, -0.25) is 9.59 Å². The minimum absolute atomic E-state index is 0.222. The molecule has 2 aliphatic rings. The topological polar surface area (TPSA) is 121 Å². The number of carbonyl (C=O) groups is 2. The summed E-state index contributed by atoms with van der Waals surface area (Å²) in [5.41, 5.74) is 8.09. The molecule has 0 saturated carbocycles. The van der Waals surface area contributed by atoms with Gasteiger partial charge in [-0.15, -0.1) is 0 Å². The average molecular weight is 473 g/mol. The van der Waals surface area contributed by atoms with Crippen molar-refractivity contribution in [1.82, 2.24) is 19.5 Å². The second-order valence-electron chi connectivity index (χ2n) is 7.77. The zero-order chi connectivity index (χ0) is 25.4. The monoisotopic (exact) mass is 472 g/mol. The number of carboxylic acid groups (broad SMARTS) is 2. The molecule has 0 atom stereocenters. The molecule has 0 aromatic carbocycles. The van der Waals surface area contributed by atoms with Crippen molar-refractivity contribution < 1.29 is 19.8 Å². The van der Waals surface area contributed by atoms with Crippen LogP contribution in [0.15, 0.2) is 48.5 Å². The Morgan fingerprint density at radius 2 is 1.06 bits per heavy atom. The van der Waals surface area contributed by atoms with Crippen molar-refractivity contribution in [3.05, 3.63) is 71.3 Å². The lowest BCUT2D eigenvalue weighted by Crippen LogP contribution is -1.86. The van der Waals surface area contributed by atoms with Gasteiger partial charge in [-0.2, -0.15) is 0 Å². The molecule has 8 nitrogen and oxygen atoms in total. The van der Waals surface area contributed by atoms with Crippen LogP contribution >= 0.6 is 0 Å². The molecule has 5 heterocycles. The number of fused-ring (bicyclic) bond motifs is 8. The van der Waals surface area contributed by atoms with E-state index in [0.717, 1.165) is 44.8 Å². The third-order valence-corrected chi connectivity index (χ3v) is 5.10. The number of aliphatic carboxylic acids is 2. The number of aromatic amines is 1. The van der Waals surface area contributed by atoms with Gasteiger partial charge in [0.2, 0.25) is 0 Å². The number of nitrogens with one attached hydrogen (secondary N) is 1. The average Bonchev–Trinajstić information content (AvgIpc) is 3.62. The van der Waals surface area contributed by atoms with Gasteiger partial charge in [0.05, 0.1) is 22.8 Å². The fourth-order valence-electron chi connectivity index (χ4n) is 3.16. The van der Waals surface area contributed by atoms with Gasteiger partial charge in [0, 0.05) is 42.0 Å². The van der Waals surface area contributed by atoms with Crippen LogP contribution in [0, 0.1) is 0 Å². The molecule has 8 bridgehead atoms. The van der Waals surface area contributed by atoms with Gasteiger partial charge in [0.25, 0.3) is 0 Å². The molecule has 8 heteroatoms. The molecule has 3 N–H and O–H groups in total. The Balaban J connectivity index is 0.000000293. The Bertz CT molecular complexity index is 1340. The number of nitrogens with zero attached hydrogens (tertiary/aromatic N) is 3. The first-order valence-corrected chi connectivity index (χ1v) is 11.2. The molecule has 0 fully saturated rings. The third-order valence-electron chi connectivity index (χ3n) is 5.10. The number of aryl methyl sites for hydroxylation is 1. The molecule has 2 aliphatic heterocycles. The highest BCUT2D eigenvalue weighted by Crippen LogP contribution is 2.18. The van der Waals surface area contributed by atoms with E-state index in [1.165, 1.54) is 0 Å². The summed E-state index contributed by atoms with van der Waals surface area (Å²) in [7, 11) is 2.06. The number of H-pyrrole nitrogens is 1. The van der Waals surface area contributed by atoms with E-state index in [2.05, 4.69) is 75.1 Å². The molecule has 35 heavy (non-hydrogen) atoms. The second kappa shape index (κ2) is 11.6. The van der Waals surface area contributed by atoms with Crippen molar-refractivity contribution in [3.63, 3.8) is 0 Å². The van der Waals surface area contributed by atoms with E-state index in [4.69, 9.17) is 10.2 Å². The van der Waals surface area contributed by atoms with Gasteiger partial charge in [0.1, 0.15) is 0 Å². The first-order chi connectivity index (χ1) is 16.8. The van der Waals surface area contributed by atoms with Crippen LogP contribution in [0.25, 0.3) is 46.4 Å². The lowest BCUT2D eigenvalue weighted by atomic mass is 10.3. The minimum Gasteiger partial charge on any atom is -0.481 e. The van der Waals surface area contributed by atoms with Crippen LogP contribution in [-0.4, -0.2) is 41.7 Å². The summed E-state index contributed by atoms with van der Waals surface area (Å²) in [6, 6.07) is 16.6. The molecule has 0 radical (unpaired) electrons. The van der Waals surface area contributed by atoms with E-state index in [1.54, 1.807) is 13.8 Å². The van der Waals surface area contributed by atoms with Crippen molar-refractivity contribution in [1.29, 1.82) is 0 Å². The molecule has 5 rings (SSSR count). The van der Waals surface area contributed by atoms with Crippen LogP contribution in [-0.2, 0) is 16.6 Å². The maximum Gasteiger partial charge on any atom is 0.303 e. The summed E-state index contributed by atoms with van der Waals surface area (Å²) in [6.07, 6.45) is 8.60. The van der Waals surface area contributed by atoms with E-state index in [9.17, 15) is 9.59 Å². The highest BCUT2D eigenvalue weighted by Gasteiger charge is 2.02. The van der Waals surface area contributed by atoms with E-state index >= 15 is 0 Å². The molecular formula is C27H28N4O4. The van der Waals surface area contributed by atoms with E-state index in [1.807, 2.05) is 24.3 Å². The van der Waals surface area contributed by atoms with Crippen molar-refractivity contribution in [2.45, 2.75) is 26.7 Å². The summed E-state index contributed by atoms with van der Waals surface area (Å²) in [4.78, 5) is 31.5. The Labute approximate surface area is 202 Å². The van der Waals surface area contributed by atoms with Crippen LogP contribution in [0.2, 0.25) is 0 Å². The largest absolute Gasteiger partial charge is 0.481 e. The minimum atomic E-state index is -0.745. The lowest BCUT2D eigenvalue weighted by molar-refractivity contribution is -0.137. The van der Waals surface area contributed by atoms with Crippen molar-refractivity contribution >= 4 is 58.3 Å². The van der Waals surface area contributed by atoms with Gasteiger partial charge in [-0.05, 0) is 72.8 Å². The predicted octanol–water partition coefficient (Wildman–Crippen LogP) is 5.63. The molecule has 0 aliphatic carbocycles. The van der Waals surface area contributed by atoms with Crippen LogP contribution in [0.3, 0.4) is 0 Å². The first-order valence-electron chi connectivity index (χ1n) is 11.2. The highest BCUT2D eigenvalue weighted by molar-refractivity contribution is 5.77. The Morgan fingerprint density at radius 3 is 1.40 bits per heavy atom. The standard InChI is InChI=1S/C21H16N4.2C3H6O2/c1-25-20-8-9-21(25)13-19-7-5-17(24-19)11-15-3-2-14(22-15)10-16-4-6-18(12-20)23-16;2*1-2-3(4)5/h2-13,22H,1H3;2*2H2,1H3,(H,4,5). The number of aromatic nitrogens is 4. The summed E-state index contributed by atoms with van der Waals surface area (Å²) >= 11 is 0. The SMILES string of the molecule is CCC(=O)O.CCC(=O)O.Cn1c2ccc1cc1nc(cc3ccc(cc4nc(c2)C=C4)[nH]3)C=C1. The van der Waals surface area contributed by atoms with E-state index in [0.29, 0.717) is 0 Å².